The van der Waals surface area contributed by atoms with Crippen LogP contribution in [0.2, 0.25) is 0 Å². The zero-order chi connectivity index (χ0) is 20.4. The van der Waals surface area contributed by atoms with Gasteiger partial charge in [0.15, 0.2) is 11.5 Å². The topological polar surface area (TPSA) is 57.5 Å². The number of hydrogen-bond acceptors (Lipinski definition) is 5. The predicted molar refractivity (Wildman–Crippen MR) is 110 cm³/mol. The summed E-state index contributed by atoms with van der Waals surface area (Å²) < 4.78 is 32.0. The Hall–Kier alpha value is -3.06. The van der Waals surface area contributed by atoms with Gasteiger partial charge < -0.3 is 19.5 Å². The fourth-order valence-electron chi connectivity index (χ4n) is 3.66. The van der Waals surface area contributed by atoms with Crippen molar-refractivity contribution >= 4 is 11.5 Å². The second kappa shape index (κ2) is 8.13. The Bertz CT molecular complexity index is 1030. The van der Waals surface area contributed by atoms with E-state index in [-0.39, 0.29) is 5.82 Å². The summed E-state index contributed by atoms with van der Waals surface area (Å²) >= 11 is 0. The molecule has 1 N–H and O–H groups in total. The number of nitrogens with zero attached hydrogens (tertiary/aromatic N) is 2. The lowest BCUT2D eigenvalue weighted by Gasteiger charge is -2.13. The predicted octanol–water partition coefficient (Wildman–Crippen LogP) is 4.39. The molecule has 0 bridgehead atoms. The Balaban J connectivity index is 1.75. The lowest BCUT2D eigenvalue weighted by atomic mass is 10.1. The molecule has 3 aromatic rings. The van der Waals surface area contributed by atoms with E-state index < -0.39 is 0 Å². The maximum Gasteiger partial charge on any atom is 0.161 e. The van der Waals surface area contributed by atoms with Crippen LogP contribution in [0.5, 0.6) is 11.5 Å². The van der Waals surface area contributed by atoms with Crippen LogP contribution in [-0.4, -0.2) is 37.2 Å². The molecular weight excluding hydrogens is 373 g/mol. The molecule has 0 fully saturated rings. The quantitative estimate of drug-likeness (QED) is 0.447. The van der Waals surface area contributed by atoms with E-state index in [1.54, 1.807) is 20.3 Å². The van der Waals surface area contributed by atoms with Gasteiger partial charge in [0.25, 0.3) is 0 Å². The molecule has 152 valence electrons. The van der Waals surface area contributed by atoms with E-state index in [0.717, 1.165) is 28.2 Å². The molecule has 29 heavy (non-hydrogen) atoms. The summed E-state index contributed by atoms with van der Waals surface area (Å²) in [6, 6.07) is 10.4. The third kappa shape index (κ3) is 3.65. The van der Waals surface area contributed by atoms with Gasteiger partial charge in [-0.1, -0.05) is 6.07 Å². The minimum Gasteiger partial charge on any atom is -0.493 e. The molecule has 0 spiro atoms. The standard InChI is InChI=1S/C22H24FN3O3/c1-4-29-9-8-26-22(24-16-7-5-6-15(23)12-16)18-10-14-11-19(27-2)20(28-3)13-17(14)21(18)25-26/h5-7,11-13,24H,4,8-10H2,1-3H3. The van der Waals surface area contributed by atoms with E-state index in [4.69, 9.17) is 19.3 Å². The molecule has 0 saturated heterocycles. The van der Waals surface area contributed by atoms with Crippen LogP contribution in [0.4, 0.5) is 15.9 Å². The zero-order valence-corrected chi connectivity index (χ0v) is 16.8. The molecule has 4 rings (SSSR count). The SMILES string of the molecule is CCOCCn1nc2c(c1Nc1cccc(F)c1)Cc1cc(OC)c(OC)cc1-2. The number of anilines is 2. The molecule has 1 aromatic heterocycles. The number of methoxy groups -OCH3 is 2. The lowest BCUT2D eigenvalue weighted by molar-refractivity contribution is 0.137. The molecule has 0 aliphatic heterocycles. The van der Waals surface area contributed by atoms with Gasteiger partial charge in [0.2, 0.25) is 0 Å². The van der Waals surface area contributed by atoms with Crippen LogP contribution in [-0.2, 0) is 17.7 Å². The first kappa shape index (κ1) is 19.3. The third-order valence-electron chi connectivity index (χ3n) is 5.02. The fraction of sp³-hybridized carbons (Fsp3) is 0.318. The van der Waals surface area contributed by atoms with E-state index in [9.17, 15) is 4.39 Å². The van der Waals surface area contributed by atoms with E-state index in [2.05, 4.69) is 5.32 Å². The van der Waals surface area contributed by atoms with Crippen molar-refractivity contribution in [1.82, 2.24) is 9.78 Å². The first-order valence-corrected chi connectivity index (χ1v) is 9.59. The molecule has 0 atom stereocenters. The summed E-state index contributed by atoms with van der Waals surface area (Å²) in [6.07, 6.45) is 0.706. The highest BCUT2D eigenvalue weighted by Crippen LogP contribution is 2.45. The van der Waals surface area contributed by atoms with Crippen LogP contribution in [0.15, 0.2) is 36.4 Å². The number of fused-ring (bicyclic) bond motifs is 3. The third-order valence-corrected chi connectivity index (χ3v) is 5.02. The Labute approximate surface area is 169 Å². The van der Waals surface area contributed by atoms with Crippen LogP contribution in [0.3, 0.4) is 0 Å². The Morgan fingerprint density at radius 1 is 1.14 bits per heavy atom. The fourth-order valence-corrected chi connectivity index (χ4v) is 3.66. The van der Waals surface area contributed by atoms with Gasteiger partial charge in [0.1, 0.15) is 11.6 Å². The summed E-state index contributed by atoms with van der Waals surface area (Å²) in [5, 5.41) is 8.19. The van der Waals surface area contributed by atoms with Crippen molar-refractivity contribution < 1.29 is 18.6 Å². The minimum atomic E-state index is -0.287. The van der Waals surface area contributed by atoms with Gasteiger partial charge in [-0.05, 0) is 42.8 Å². The number of nitrogens with one attached hydrogen (secondary N) is 1. The number of rotatable bonds is 8. The van der Waals surface area contributed by atoms with Crippen LogP contribution in [0.25, 0.3) is 11.3 Å². The molecule has 7 heteroatoms. The summed E-state index contributed by atoms with van der Waals surface area (Å²) in [5.41, 5.74) is 4.79. The van der Waals surface area contributed by atoms with E-state index in [0.29, 0.717) is 43.4 Å². The minimum absolute atomic E-state index is 0.287. The molecule has 1 heterocycles. The van der Waals surface area contributed by atoms with Crippen LogP contribution in [0, 0.1) is 5.82 Å². The van der Waals surface area contributed by atoms with Crippen LogP contribution >= 0.6 is 0 Å². The Morgan fingerprint density at radius 3 is 2.66 bits per heavy atom. The second-order valence-corrected chi connectivity index (χ2v) is 6.77. The van der Waals surface area contributed by atoms with Crippen molar-refractivity contribution in [2.45, 2.75) is 19.9 Å². The van der Waals surface area contributed by atoms with Gasteiger partial charge in [-0.3, -0.25) is 0 Å². The molecular formula is C22H24FN3O3. The number of aromatic nitrogens is 2. The normalized spacial score (nSPS) is 11.9. The number of hydrogen-bond donors (Lipinski definition) is 1. The molecule has 0 saturated carbocycles. The van der Waals surface area contributed by atoms with Gasteiger partial charge >= 0.3 is 0 Å². The molecule has 0 radical (unpaired) electrons. The van der Waals surface area contributed by atoms with Crippen LogP contribution < -0.4 is 14.8 Å². The van der Waals surface area contributed by atoms with Crippen molar-refractivity contribution in [3.05, 3.63) is 53.3 Å². The smallest absolute Gasteiger partial charge is 0.161 e. The summed E-state index contributed by atoms with van der Waals surface area (Å²) in [7, 11) is 3.25. The molecule has 0 amide bonds. The van der Waals surface area contributed by atoms with Gasteiger partial charge in [-0.15, -0.1) is 0 Å². The average molecular weight is 397 g/mol. The number of halogens is 1. The first-order chi connectivity index (χ1) is 14.1. The largest absolute Gasteiger partial charge is 0.493 e. The highest BCUT2D eigenvalue weighted by atomic mass is 19.1. The molecule has 2 aromatic carbocycles. The van der Waals surface area contributed by atoms with Crippen molar-refractivity contribution in [1.29, 1.82) is 0 Å². The molecule has 1 aliphatic carbocycles. The van der Waals surface area contributed by atoms with Gasteiger partial charge in [-0.2, -0.15) is 5.10 Å². The maximum atomic E-state index is 13.7. The number of ether oxygens (including phenoxy) is 3. The monoisotopic (exact) mass is 397 g/mol. The van der Waals surface area contributed by atoms with Crippen molar-refractivity contribution in [3.8, 4) is 22.8 Å². The van der Waals surface area contributed by atoms with Crippen molar-refractivity contribution in [2.75, 3.05) is 32.8 Å². The molecule has 0 unspecified atom stereocenters. The number of benzene rings is 2. The maximum absolute atomic E-state index is 13.7. The second-order valence-electron chi connectivity index (χ2n) is 6.77. The summed E-state index contributed by atoms with van der Waals surface area (Å²) in [4.78, 5) is 0. The first-order valence-electron chi connectivity index (χ1n) is 9.59. The van der Waals surface area contributed by atoms with Gasteiger partial charge in [-0.25, -0.2) is 9.07 Å². The molecule has 1 aliphatic rings. The summed E-state index contributed by atoms with van der Waals surface area (Å²) in [6.45, 7) is 3.76. The van der Waals surface area contributed by atoms with Gasteiger partial charge in [0.05, 0.1) is 33.1 Å². The van der Waals surface area contributed by atoms with Crippen LogP contribution in [0.1, 0.15) is 18.1 Å². The van der Waals surface area contributed by atoms with Crippen molar-refractivity contribution in [2.24, 2.45) is 0 Å². The average Bonchev–Trinajstić information content (AvgIpc) is 3.23. The zero-order valence-electron chi connectivity index (χ0n) is 16.8. The highest BCUT2D eigenvalue weighted by molar-refractivity contribution is 5.82. The lowest BCUT2D eigenvalue weighted by Crippen LogP contribution is -2.11. The van der Waals surface area contributed by atoms with Crippen molar-refractivity contribution in [3.63, 3.8) is 0 Å². The van der Waals surface area contributed by atoms with E-state index >= 15 is 0 Å². The summed E-state index contributed by atoms with van der Waals surface area (Å²) in [5.74, 6) is 1.92. The highest BCUT2D eigenvalue weighted by Gasteiger charge is 2.29. The van der Waals surface area contributed by atoms with E-state index in [1.807, 2.05) is 29.8 Å². The Kier molecular flexibility index (Phi) is 5.40. The Morgan fingerprint density at radius 2 is 1.93 bits per heavy atom. The van der Waals surface area contributed by atoms with Gasteiger partial charge in [0, 0.05) is 29.8 Å². The molecule has 6 nitrogen and oxygen atoms in total. The van der Waals surface area contributed by atoms with E-state index in [1.165, 1.54) is 12.1 Å².